The highest BCUT2D eigenvalue weighted by molar-refractivity contribution is 6.31. The summed E-state index contributed by atoms with van der Waals surface area (Å²) in [5.41, 5.74) is 0.765. The van der Waals surface area contributed by atoms with E-state index < -0.39 is 5.97 Å². The predicted molar refractivity (Wildman–Crippen MR) is 74.9 cm³/mol. The Bertz CT molecular complexity index is 464. The van der Waals surface area contributed by atoms with Gasteiger partial charge in [0.05, 0.1) is 17.4 Å². The molecule has 0 radical (unpaired) electrons. The van der Waals surface area contributed by atoms with Crippen LogP contribution in [0.3, 0.4) is 0 Å². The molecule has 1 aliphatic rings. The summed E-state index contributed by atoms with van der Waals surface area (Å²) in [7, 11) is 0. The summed E-state index contributed by atoms with van der Waals surface area (Å²) in [5, 5.41) is 22.4. The maximum absolute atomic E-state index is 11.1. The normalized spacial score (nSPS) is 23.1. The summed E-state index contributed by atoms with van der Waals surface area (Å²) in [6, 6.07) is 4.70. The number of aliphatic hydroxyl groups is 1. The molecule has 0 amide bonds. The van der Waals surface area contributed by atoms with Gasteiger partial charge in [0.15, 0.2) is 0 Å². The van der Waals surface area contributed by atoms with Crippen LogP contribution in [0.25, 0.3) is 0 Å². The minimum absolute atomic E-state index is 0.223. The van der Waals surface area contributed by atoms with Crippen molar-refractivity contribution in [3.63, 3.8) is 0 Å². The molecular weight excluding hydrogens is 266 g/mol. The summed E-state index contributed by atoms with van der Waals surface area (Å²) in [4.78, 5) is 11.1. The topological polar surface area (TPSA) is 69.6 Å². The van der Waals surface area contributed by atoms with Crippen LogP contribution >= 0.6 is 11.6 Å². The Labute approximate surface area is 117 Å². The highest BCUT2D eigenvalue weighted by Gasteiger charge is 2.20. The van der Waals surface area contributed by atoms with Crippen LogP contribution in [0.15, 0.2) is 18.2 Å². The third-order valence-electron chi connectivity index (χ3n) is 3.55. The van der Waals surface area contributed by atoms with Gasteiger partial charge >= 0.3 is 5.97 Å². The fraction of sp³-hybridized carbons (Fsp3) is 0.500. The Balaban J connectivity index is 2.02. The SMILES string of the molecule is O=C(O)c1ccc(Cl)cc1NCC1CCCC(O)C1. The highest BCUT2D eigenvalue weighted by Crippen LogP contribution is 2.26. The molecule has 1 aromatic rings. The number of anilines is 1. The van der Waals surface area contributed by atoms with E-state index in [4.69, 9.17) is 16.7 Å². The molecule has 2 unspecified atom stereocenters. The van der Waals surface area contributed by atoms with Gasteiger partial charge < -0.3 is 15.5 Å². The Kier molecular flexibility index (Phi) is 4.66. The molecule has 0 bridgehead atoms. The summed E-state index contributed by atoms with van der Waals surface area (Å²) in [5.74, 6) is -0.591. The van der Waals surface area contributed by atoms with Crippen molar-refractivity contribution in [2.75, 3.05) is 11.9 Å². The van der Waals surface area contributed by atoms with Gasteiger partial charge in [0.1, 0.15) is 0 Å². The lowest BCUT2D eigenvalue weighted by Gasteiger charge is -2.26. The largest absolute Gasteiger partial charge is 0.478 e. The minimum Gasteiger partial charge on any atom is -0.478 e. The second-order valence-corrected chi connectivity index (χ2v) is 5.50. The molecular formula is C14H18ClNO3. The number of aromatic carboxylic acids is 1. The van der Waals surface area contributed by atoms with Crippen LogP contribution in [-0.4, -0.2) is 28.8 Å². The molecule has 0 spiro atoms. The number of nitrogens with one attached hydrogen (secondary N) is 1. The van der Waals surface area contributed by atoms with E-state index in [1.165, 1.54) is 6.07 Å². The molecule has 2 rings (SSSR count). The van der Waals surface area contributed by atoms with Gasteiger partial charge in [-0.25, -0.2) is 4.79 Å². The standard InChI is InChI=1S/C14H18ClNO3/c15-10-4-5-12(14(18)19)13(7-10)16-8-9-2-1-3-11(17)6-9/h4-5,7,9,11,16-17H,1-3,6,8H2,(H,18,19). The first-order chi connectivity index (χ1) is 9.06. The lowest BCUT2D eigenvalue weighted by molar-refractivity contribution is 0.0697. The molecule has 4 nitrogen and oxygen atoms in total. The van der Waals surface area contributed by atoms with E-state index in [1.807, 2.05) is 0 Å². The van der Waals surface area contributed by atoms with Crippen molar-refractivity contribution in [2.45, 2.75) is 31.8 Å². The maximum Gasteiger partial charge on any atom is 0.337 e. The van der Waals surface area contributed by atoms with Crippen molar-refractivity contribution in [3.8, 4) is 0 Å². The fourth-order valence-electron chi connectivity index (χ4n) is 2.55. The summed E-state index contributed by atoms with van der Waals surface area (Å²) >= 11 is 5.89. The van der Waals surface area contributed by atoms with Crippen molar-refractivity contribution in [2.24, 2.45) is 5.92 Å². The summed E-state index contributed by atoms with van der Waals surface area (Å²) < 4.78 is 0. The molecule has 1 saturated carbocycles. The van der Waals surface area contributed by atoms with Gasteiger partial charge in [-0.2, -0.15) is 0 Å². The average Bonchev–Trinajstić information content (AvgIpc) is 2.36. The van der Waals surface area contributed by atoms with E-state index >= 15 is 0 Å². The quantitative estimate of drug-likeness (QED) is 0.794. The van der Waals surface area contributed by atoms with Gasteiger partial charge in [-0.3, -0.25) is 0 Å². The van der Waals surface area contributed by atoms with E-state index in [-0.39, 0.29) is 11.7 Å². The molecule has 3 N–H and O–H groups in total. The van der Waals surface area contributed by atoms with E-state index in [1.54, 1.807) is 12.1 Å². The third kappa shape index (κ3) is 3.85. The van der Waals surface area contributed by atoms with Crippen LogP contribution in [-0.2, 0) is 0 Å². The van der Waals surface area contributed by atoms with Gasteiger partial charge in [0.2, 0.25) is 0 Å². The number of rotatable bonds is 4. The molecule has 0 aliphatic heterocycles. The van der Waals surface area contributed by atoms with Crippen LogP contribution < -0.4 is 5.32 Å². The van der Waals surface area contributed by atoms with Gasteiger partial charge in [-0.1, -0.05) is 18.0 Å². The van der Waals surface area contributed by atoms with E-state index in [0.717, 1.165) is 25.7 Å². The second-order valence-electron chi connectivity index (χ2n) is 5.06. The molecule has 5 heteroatoms. The Hall–Kier alpha value is -1.26. The first-order valence-electron chi connectivity index (χ1n) is 6.51. The lowest BCUT2D eigenvalue weighted by Crippen LogP contribution is -2.25. The van der Waals surface area contributed by atoms with E-state index in [0.29, 0.717) is 23.2 Å². The number of carboxylic acid groups (broad SMARTS) is 1. The molecule has 0 aromatic heterocycles. The number of hydrogen-bond donors (Lipinski definition) is 3. The van der Waals surface area contributed by atoms with Crippen LogP contribution in [0.1, 0.15) is 36.0 Å². The predicted octanol–water partition coefficient (Wildman–Crippen LogP) is 3.00. The zero-order valence-corrected chi connectivity index (χ0v) is 11.4. The first-order valence-corrected chi connectivity index (χ1v) is 6.89. The maximum atomic E-state index is 11.1. The van der Waals surface area contributed by atoms with Crippen molar-refractivity contribution >= 4 is 23.3 Å². The number of carbonyl (C=O) groups is 1. The number of benzene rings is 1. The second kappa shape index (κ2) is 6.26. The first kappa shape index (κ1) is 14.2. The van der Waals surface area contributed by atoms with Gasteiger partial charge in [-0.05, 0) is 43.4 Å². The average molecular weight is 284 g/mol. The van der Waals surface area contributed by atoms with Crippen LogP contribution in [0.5, 0.6) is 0 Å². The summed E-state index contributed by atoms with van der Waals surface area (Å²) in [6.45, 7) is 0.664. The molecule has 0 saturated heterocycles. The van der Waals surface area contributed by atoms with Gasteiger partial charge in [0, 0.05) is 11.6 Å². The Morgan fingerprint density at radius 2 is 2.21 bits per heavy atom. The summed E-state index contributed by atoms with van der Waals surface area (Å²) in [6.07, 6.45) is 3.50. The smallest absolute Gasteiger partial charge is 0.337 e. The number of aliphatic hydroxyl groups excluding tert-OH is 1. The molecule has 0 heterocycles. The lowest BCUT2D eigenvalue weighted by atomic mass is 9.87. The Morgan fingerprint density at radius 1 is 1.42 bits per heavy atom. The number of hydrogen-bond acceptors (Lipinski definition) is 3. The molecule has 104 valence electrons. The molecule has 2 atom stereocenters. The number of carboxylic acids is 1. The molecule has 1 aromatic carbocycles. The molecule has 1 aliphatic carbocycles. The molecule has 19 heavy (non-hydrogen) atoms. The van der Waals surface area contributed by atoms with Crippen molar-refractivity contribution in [1.29, 1.82) is 0 Å². The van der Waals surface area contributed by atoms with E-state index in [2.05, 4.69) is 5.32 Å². The zero-order chi connectivity index (χ0) is 13.8. The number of halogens is 1. The van der Waals surface area contributed by atoms with Crippen molar-refractivity contribution in [1.82, 2.24) is 0 Å². The van der Waals surface area contributed by atoms with Crippen molar-refractivity contribution < 1.29 is 15.0 Å². The van der Waals surface area contributed by atoms with Crippen LogP contribution in [0.4, 0.5) is 5.69 Å². The van der Waals surface area contributed by atoms with Gasteiger partial charge in [0.25, 0.3) is 0 Å². The monoisotopic (exact) mass is 283 g/mol. The minimum atomic E-state index is -0.970. The molecule has 1 fully saturated rings. The van der Waals surface area contributed by atoms with Crippen molar-refractivity contribution in [3.05, 3.63) is 28.8 Å². The third-order valence-corrected chi connectivity index (χ3v) is 3.78. The fourth-order valence-corrected chi connectivity index (χ4v) is 2.72. The zero-order valence-electron chi connectivity index (χ0n) is 10.6. The Morgan fingerprint density at radius 3 is 2.89 bits per heavy atom. The van der Waals surface area contributed by atoms with Crippen LogP contribution in [0.2, 0.25) is 5.02 Å². The van der Waals surface area contributed by atoms with Gasteiger partial charge in [-0.15, -0.1) is 0 Å². The highest BCUT2D eigenvalue weighted by atomic mass is 35.5. The van der Waals surface area contributed by atoms with E-state index in [9.17, 15) is 9.90 Å². The van der Waals surface area contributed by atoms with Crippen LogP contribution in [0, 0.1) is 5.92 Å².